The van der Waals surface area contributed by atoms with Crippen LogP contribution < -0.4 is 10.6 Å². The first-order valence-electron chi connectivity index (χ1n) is 6.09. The van der Waals surface area contributed by atoms with Gasteiger partial charge in [0, 0.05) is 24.5 Å². The summed E-state index contributed by atoms with van der Waals surface area (Å²) in [5, 5.41) is 6.44. The lowest BCUT2D eigenvalue weighted by atomic mass is 10.1. The van der Waals surface area contributed by atoms with Gasteiger partial charge in [0.15, 0.2) is 0 Å². The van der Waals surface area contributed by atoms with Gasteiger partial charge in [0.05, 0.1) is 0 Å². The monoisotopic (exact) mass is 244 g/mol. The average Bonchev–Trinajstić information content (AvgIpc) is 2.17. The maximum Gasteiger partial charge on any atom is 0.221 e. The minimum Gasteiger partial charge on any atom is -0.353 e. The molecule has 2 N–H and O–H groups in total. The van der Waals surface area contributed by atoms with Gasteiger partial charge in [0.1, 0.15) is 0 Å². The van der Waals surface area contributed by atoms with Gasteiger partial charge >= 0.3 is 0 Å². The molecule has 0 aromatic heterocycles. The van der Waals surface area contributed by atoms with E-state index in [1.165, 1.54) is 11.5 Å². The van der Waals surface area contributed by atoms with Crippen LogP contribution in [0.5, 0.6) is 0 Å². The van der Waals surface area contributed by atoms with E-state index in [-0.39, 0.29) is 11.4 Å². The molecule has 0 unspecified atom stereocenters. The van der Waals surface area contributed by atoms with Crippen molar-refractivity contribution >= 4 is 17.7 Å². The standard InChI is InChI=1S/C12H24N2OS/c1-12(2,3)13-7-4-11(15)14-10-5-8-16-9-6-10/h10,13H,4-9H2,1-3H3,(H,14,15). The van der Waals surface area contributed by atoms with Crippen LogP contribution >= 0.6 is 11.8 Å². The first kappa shape index (κ1) is 13.8. The minimum atomic E-state index is 0.0990. The normalized spacial score (nSPS) is 18.4. The summed E-state index contributed by atoms with van der Waals surface area (Å²) in [6, 6.07) is 0.420. The summed E-state index contributed by atoms with van der Waals surface area (Å²) < 4.78 is 0. The van der Waals surface area contributed by atoms with Crippen LogP contribution in [0, 0.1) is 0 Å². The van der Waals surface area contributed by atoms with Crippen LogP contribution in [0.3, 0.4) is 0 Å². The number of carbonyl (C=O) groups excluding carboxylic acids is 1. The van der Waals surface area contributed by atoms with Crippen molar-refractivity contribution in [1.29, 1.82) is 0 Å². The first-order chi connectivity index (χ1) is 7.47. The number of thioether (sulfide) groups is 1. The van der Waals surface area contributed by atoms with E-state index in [4.69, 9.17) is 0 Å². The fourth-order valence-corrected chi connectivity index (χ4v) is 2.80. The van der Waals surface area contributed by atoms with Crippen molar-refractivity contribution in [2.45, 2.75) is 51.6 Å². The van der Waals surface area contributed by atoms with E-state index in [0.29, 0.717) is 12.5 Å². The molecule has 1 aliphatic rings. The van der Waals surface area contributed by atoms with Gasteiger partial charge in [-0.15, -0.1) is 0 Å². The number of carbonyl (C=O) groups is 1. The van der Waals surface area contributed by atoms with Crippen molar-refractivity contribution in [2.75, 3.05) is 18.1 Å². The zero-order valence-electron chi connectivity index (χ0n) is 10.6. The lowest BCUT2D eigenvalue weighted by Gasteiger charge is -2.23. The average molecular weight is 244 g/mol. The van der Waals surface area contributed by atoms with Gasteiger partial charge in [-0.05, 0) is 45.1 Å². The number of nitrogens with one attached hydrogen (secondary N) is 2. The van der Waals surface area contributed by atoms with E-state index in [9.17, 15) is 4.79 Å². The van der Waals surface area contributed by atoms with E-state index < -0.39 is 0 Å². The van der Waals surface area contributed by atoms with Crippen LogP contribution in [0.2, 0.25) is 0 Å². The van der Waals surface area contributed by atoms with Gasteiger partial charge in [0.2, 0.25) is 5.91 Å². The fraction of sp³-hybridized carbons (Fsp3) is 0.917. The molecule has 0 atom stereocenters. The molecule has 0 radical (unpaired) electrons. The quantitative estimate of drug-likeness (QED) is 0.792. The highest BCUT2D eigenvalue weighted by molar-refractivity contribution is 7.99. The lowest BCUT2D eigenvalue weighted by molar-refractivity contribution is -0.121. The van der Waals surface area contributed by atoms with Crippen molar-refractivity contribution in [2.24, 2.45) is 0 Å². The summed E-state index contributed by atoms with van der Waals surface area (Å²) in [7, 11) is 0. The van der Waals surface area contributed by atoms with Gasteiger partial charge < -0.3 is 10.6 Å². The van der Waals surface area contributed by atoms with Gasteiger partial charge in [-0.1, -0.05) is 0 Å². The maximum absolute atomic E-state index is 11.6. The summed E-state index contributed by atoms with van der Waals surface area (Å²) in [5.74, 6) is 2.56. The minimum absolute atomic E-state index is 0.0990. The topological polar surface area (TPSA) is 41.1 Å². The Morgan fingerprint density at radius 2 is 1.94 bits per heavy atom. The molecule has 16 heavy (non-hydrogen) atoms. The third kappa shape index (κ3) is 6.38. The Balaban J connectivity index is 2.10. The second-order valence-corrected chi connectivity index (χ2v) is 6.61. The highest BCUT2D eigenvalue weighted by Gasteiger charge is 2.16. The van der Waals surface area contributed by atoms with Gasteiger partial charge in [-0.3, -0.25) is 4.79 Å². The Kier molecular flexibility index (Phi) is 5.62. The summed E-state index contributed by atoms with van der Waals surface area (Å²) in [4.78, 5) is 11.6. The molecule has 3 nitrogen and oxygen atoms in total. The first-order valence-corrected chi connectivity index (χ1v) is 7.25. The molecule has 1 saturated heterocycles. The summed E-state index contributed by atoms with van der Waals surface area (Å²) in [6.45, 7) is 7.10. The molecule has 4 heteroatoms. The van der Waals surface area contributed by atoms with Crippen LogP contribution in [-0.2, 0) is 4.79 Å². The van der Waals surface area contributed by atoms with Crippen LogP contribution in [-0.4, -0.2) is 35.5 Å². The van der Waals surface area contributed by atoms with E-state index in [0.717, 1.165) is 19.4 Å². The molecule has 0 spiro atoms. The van der Waals surface area contributed by atoms with Gasteiger partial charge in [0.25, 0.3) is 0 Å². The Labute approximate surface area is 103 Å². The van der Waals surface area contributed by atoms with Crippen LogP contribution in [0.15, 0.2) is 0 Å². The highest BCUT2D eigenvalue weighted by atomic mass is 32.2. The molecule has 0 bridgehead atoms. The van der Waals surface area contributed by atoms with Crippen molar-refractivity contribution in [1.82, 2.24) is 10.6 Å². The molecule has 1 amide bonds. The summed E-state index contributed by atoms with van der Waals surface area (Å²) in [6.07, 6.45) is 2.84. The number of amides is 1. The third-order valence-corrected chi connectivity index (χ3v) is 3.64. The fourth-order valence-electron chi connectivity index (χ4n) is 1.69. The smallest absolute Gasteiger partial charge is 0.221 e. The zero-order chi connectivity index (χ0) is 12.0. The summed E-state index contributed by atoms with van der Waals surface area (Å²) >= 11 is 1.98. The molecule has 0 aliphatic carbocycles. The van der Waals surface area contributed by atoms with Crippen molar-refractivity contribution in [3.63, 3.8) is 0 Å². The molecular weight excluding hydrogens is 220 g/mol. The third-order valence-electron chi connectivity index (χ3n) is 2.59. The molecule has 0 aromatic rings. The SMILES string of the molecule is CC(C)(C)NCCC(=O)NC1CCSCC1. The van der Waals surface area contributed by atoms with Crippen LogP contribution in [0.25, 0.3) is 0 Å². The Hall–Kier alpha value is -0.220. The highest BCUT2D eigenvalue weighted by Crippen LogP contribution is 2.16. The molecule has 1 aliphatic heterocycles. The van der Waals surface area contributed by atoms with Crippen molar-refractivity contribution in [3.8, 4) is 0 Å². The number of rotatable bonds is 4. The largest absolute Gasteiger partial charge is 0.353 e. The zero-order valence-corrected chi connectivity index (χ0v) is 11.5. The Morgan fingerprint density at radius 1 is 1.31 bits per heavy atom. The van der Waals surface area contributed by atoms with Crippen molar-refractivity contribution in [3.05, 3.63) is 0 Å². The molecule has 0 saturated carbocycles. The lowest BCUT2D eigenvalue weighted by Crippen LogP contribution is -2.41. The maximum atomic E-state index is 11.6. The Morgan fingerprint density at radius 3 is 2.50 bits per heavy atom. The number of hydrogen-bond donors (Lipinski definition) is 2. The van der Waals surface area contributed by atoms with E-state index in [2.05, 4.69) is 31.4 Å². The van der Waals surface area contributed by atoms with E-state index in [1.54, 1.807) is 0 Å². The second-order valence-electron chi connectivity index (χ2n) is 5.38. The summed E-state index contributed by atoms with van der Waals surface area (Å²) in [5.41, 5.74) is 0.0990. The van der Waals surface area contributed by atoms with Gasteiger partial charge in [-0.2, -0.15) is 11.8 Å². The predicted molar refractivity (Wildman–Crippen MR) is 70.9 cm³/mol. The second kappa shape index (κ2) is 6.50. The van der Waals surface area contributed by atoms with E-state index in [1.807, 2.05) is 11.8 Å². The molecule has 94 valence electrons. The molecular formula is C12H24N2OS. The molecule has 1 heterocycles. The number of hydrogen-bond acceptors (Lipinski definition) is 3. The van der Waals surface area contributed by atoms with Crippen LogP contribution in [0.1, 0.15) is 40.0 Å². The Bertz CT molecular complexity index is 220. The molecule has 1 fully saturated rings. The van der Waals surface area contributed by atoms with Crippen LogP contribution in [0.4, 0.5) is 0 Å². The molecule has 0 aromatic carbocycles. The molecule has 1 rings (SSSR count). The van der Waals surface area contributed by atoms with E-state index >= 15 is 0 Å². The predicted octanol–water partition coefficient (Wildman–Crippen LogP) is 1.78. The van der Waals surface area contributed by atoms with Gasteiger partial charge in [-0.25, -0.2) is 0 Å². The van der Waals surface area contributed by atoms with Crippen molar-refractivity contribution < 1.29 is 4.79 Å².